The molecule has 2 N–H and O–H groups in total. The van der Waals surface area contributed by atoms with Gasteiger partial charge in [0, 0.05) is 23.8 Å². The number of nitrogens with one attached hydrogen (secondary N) is 1. The fourth-order valence-electron chi connectivity index (χ4n) is 2.25. The predicted octanol–water partition coefficient (Wildman–Crippen LogP) is 2.14. The van der Waals surface area contributed by atoms with Gasteiger partial charge >= 0.3 is 12.0 Å². The Bertz CT molecular complexity index is 728. The number of benzene rings is 1. The van der Waals surface area contributed by atoms with Crippen LogP contribution in [0.5, 0.6) is 0 Å². The van der Waals surface area contributed by atoms with Crippen LogP contribution in [0.1, 0.15) is 21.7 Å². The number of amides is 2. The first-order valence-electron chi connectivity index (χ1n) is 6.29. The molecule has 0 atom stereocenters. The van der Waals surface area contributed by atoms with E-state index in [2.05, 4.69) is 14.7 Å². The molecule has 21 heavy (non-hydrogen) atoms. The summed E-state index contributed by atoms with van der Waals surface area (Å²) >= 11 is 1.13. The van der Waals surface area contributed by atoms with Crippen LogP contribution in [0.3, 0.4) is 0 Å². The Morgan fingerprint density at radius 2 is 2.24 bits per heavy atom. The van der Waals surface area contributed by atoms with Gasteiger partial charge < -0.3 is 5.11 Å². The second-order valence-corrected chi connectivity index (χ2v) is 5.38. The number of carbonyl (C=O) groups excluding carboxylic acids is 1. The van der Waals surface area contributed by atoms with Crippen LogP contribution in [-0.2, 0) is 6.42 Å². The number of hydrogen-bond acceptors (Lipinski definition) is 5. The van der Waals surface area contributed by atoms with E-state index in [-0.39, 0.29) is 11.6 Å². The molecule has 0 fully saturated rings. The molecule has 1 aromatic carbocycles. The number of anilines is 2. The summed E-state index contributed by atoms with van der Waals surface area (Å²) in [5.41, 5.74) is 1.83. The molecule has 0 bridgehead atoms. The quantitative estimate of drug-likeness (QED) is 0.886. The lowest BCUT2D eigenvalue weighted by Gasteiger charge is -2.16. The first-order valence-corrected chi connectivity index (χ1v) is 7.07. The van der Waals surface area contributed by atoms with Crippen molar-refractivity contribution in [2.45, 2.75) is 13.3 Å². The fraction of sp³-hybridized carbons (Fsp3) is 0.231. The second kappa shape index (κ2) is 5.13. The lowest BCUT2D eigenvalue weighted by Crippen LogP contribution is -2.33. The number of carboxylic acids is 1. The third kappa shape index (κ3) is 2.57. The molecule has 1 aliphatic heterocycles. The van der Waals surface area contributed by atoms with Crippen molar-refractivity contribution >= 4 is 34.4 Å². The molecule has 1 aromatic heterocycles. The first-order chi connectivity index (χ1) is 10.0. The zero-order chi connectivity index (χ0) is 15.0. The molecule has 0 aliphatic carbocycles. The zero-order valence-corrected chi connectivity index (χ0v) is 12.0. The number of carbonyl (C=O) groups is 2. The minimum Gasteiger partial charge on any atom is -0.478 e. The van der Waals surface area contributed by atoms with Crippen molar-refractivity contribution in [1.82, 2.24) is 9.36 Å². The maximum atomic E-state index is 12.2. The Balaban J connectivity index is 1.80. The van der Waals surface area contributed by atoms with Gasteiger partial charge in [-0.05, 0) is 37.1 Å². The lowest BCUT2D eigenvalue weighted by atomic mass is 10.1. The number of carboxylic acid groups (broad SMARTS) is 1. The Morgan fingerprint density at radius 3 is 2.90 bits per heavy atom. The monoisotopic (exact) mass is 304 g/mol. The molecule has 2 aromatic rings. The Kier molecular flexibility index (Phi) is 3.30. The van der Waals surface area contributed by atoms with Crippen LogP contribution in [0.25, 0.3) is 0 Å². The molecule has 0 unspecified atom stereocenters. The highest BCUT2D eigenvalue weighted by molar-refractivity contribution is 7.09. The van der Waals surface area contributed by atoms with Crippen LogP contribution in [0.4, 0.5) is 15.6 Å². The van der Waals surface area contributed by atoms with Gasteiger partial charge in [-0.3, -0.25) is 10.2 Å². The maximum absolute atomic E-state index is 12.2. The molecule has 0 radical (unpaired) electrons. The number of aromatic carboxylic acids is 1. The number of hydrogen-bond donors (Lipinski definition) is 2. The van der Waals surface area contributed by atoms with Gasteiger partial charge in [-0.2, -0.15) is 4.37 Å². The standard InChI is InChI=1S/C13H12N4O3S/c1-7-14-12(21-16-7)15-13(20)17-5-4-8-6-9(11(18)19)2-3-10(8)17/h2-3,6H,4-5H2,1H3,(H,18,19)(H,14,15,16,20). The van der Waals surface area contributed by atoms with E-state index < -0.39 is 5.97 Å². The number of aryl methyl sites for hydroxylation is 1. The summed E-state index contributed by atoms with van der Waals surface area (Å²) in [6.45, 7) is 2.27. The Morgan fingerprint density at radius 1 is 1.43 bits per heavy atom. The van der Waals surface area contributed by atoms with E-state index in [1.807, 2.05) is 0 Å². The van der Waals surface area contributed by atoms with Gasteiger partial charge in [0.25, 0.3) is 0 Å². The fourth-order valence-corrected chi connectivity index (χ4v) is 2.82. The highest BCUT2D eigenvalue weighted by Crippen LogP contribution is 2.29. The Hall–Kier alpha value is -2.48. The molecule has 0 saturated heterocycles. The summed E-state index contributed by atoms with van der Waals surface area (Å²) < 4.78 is 4.00. The van der Waals surface area contributed by atoms with E-state index in [1.54, 1.807) is 24.0 Å². The van der Waals surface area contributed by atoms with Crippen molar-refractivity contribution in [2.24, 2.45) is 0 Å². The van der Waals surface area contributed by atoms with Crippen LogP contribution in [0.2, 0.25) is 0 Å². The minimum atomic E-state index is -0.968. The van der Waals surface area contributed by atoms with Gasteiger partial charge in [-0.1, -0.05) is 0 Å². The molecule has 2 heterocycles. The summed E-state index contributed by atoms with van der Waals surface area (Å²) in [6, 6.07) is 4.49. The SMILES string of the molecule is Cc1nsc(NC(=O)N2CCc3cc(C(=O)O)ccc32)n1. The largest absolute Gasteiger partial charge is 0.478 e. The van der Waals surface area contributed by atoms with Crippen molar-refractivity contribution in [3.05, 3.63) is 35.2 Å². The summed E-state index contributed by atoms with van der Waals surface area (Å²) in [7, 11) is 0. The summed E-state index contributed by atoms with van der Waals surface area (Å²) in [6.07, 6.45) is 0.638. The molecule has 108 valence electrons. The van der Waals surface area contributed by atoms with Crippen molar-refractivity contribution < 1.29 is 14.7 Å². The third-order valence-corrected chi connectivity index (χ3v) is 3.93. The number of rotatable bonds is 2. The van der Waals surface area contributed by atoms with Crippen LogP contribution in [-0.4, -0.2) is 33.0 Å². The van der Waals surface area contributed by atoms with Crippen molar-refractivity contribution in [3.8, 4) is 0 Å². The number of fused-ring (bicyclic) bond motifs is 1. The third-order valence-electron chi connectivity index (χ3n) is 3.21. The molecule has 0 spiro atoms. The topological polar surface area (TPSA) is 95.4 Å². The van der Waals surface area contributed by atoms with Gasteiger partial charge in [0.05, 0.1) is 5.56 Å². The highest BCUT2D eigenvalue weighted by atomic mass is 32.1. The Labute approximate surface area is 124 Å². The van der Waals surface area contributed by atoms with Crippen LogP contribution in [0.15, 0.2) is 18.2 Å². The van der Waals surface area contributed by atoms with Crippen molar-refractivity contribution in [1.29, 1.82) is 0 Å². The second-order valence-electron chi connectivity index (χ2n) is 4.63. The maximum Gasteiger partial charge on any atom is 0.335 e. The van der Waals surface area contributed by atoms with E-state index >= 15 is 0 Å². The summed E-state index contributed by atoms with van der Waals surface area (Å²) in [5, 5.41) is 12.1. The summed E-state index contributed by atoms with van der Waals surface area (Å²) in [4.78, 5) is 28.9. The highest BCUT2D eigenvalue weighted by Gasteiger charge is 2.26. The lowest BCUT2D eigenvalue weighted by molar-refractivity contribution is 0.0697. The van der Waals surface area contributed by atoms with Crippen LogP contribution < -0.4 is 10.2 Å². The molecule has 8 heteroatoms. The van der Waals surface area contributed by atoms with Crippen molar-refractivity contribution in [3.63, 3.8) is 0 Å². The summed E-state index contributed by atoms with van der Waals surface area (Å²) in [5.74, 6) is -0.353. The molecule has 3 rings (SSSR count). The van der Waals surface area contributed by atoms with E-state index in [4.69, 9.17) is 5.11 Å². The first kappa shape index (κ1) is 13.5. The van der Waals surface area contributed by atoms with Gasteiger partial charge in [0.2, 0.25) is 5.13 Å². The van der Waals surface area contributed by atoms with Crippen LogP contribution in [0, 0.1) is 6.92 Å². The van der Waals surface area contributed by atoms with Gasteiger partial charge in [0.15, 0.2) is 0 Å². The van der Waals surface area contributed by atoms with Crippen molar-refractivity contribution in [2.75, 3.05) is 16.8 Å². The van der Waals surface area contributed by atoms with Gasteiger partial charge in [-0.25, -0.2) is 14.6 Å². The number of urea groups is 1. The smallest absolute Gasteiger partial charge is 0.335 e. The number of aromatic nitrogens is 2. The average Bonchev–Trinajstić information content (AvgIpc) is 3.04. The molecule has 0 saturated carbocycles. The molecule has 2 amide bonds. The minimum absolute atomic E-state index is 0.232. The van der Waals surface area contributed by atoms with Gasteiger partial charge in [-0.15, -0.1) is 0 Å². The van der Waals surface area contributed by atoms with Crippen LogP contribution >= 0.6 is 11.5 Å². The number of nitrogens with zero attached hydrogens (tertiary/aromatic N) is 3. The molecule has 1 aliphatic rings. The average molecular weight is 304 g/mol. The zero-order valence-electron chi connectivity index (χ0n) is 11.2. The normalized spacial score (nSPS) is 13.1. The molecular weight excluding hydrogens is 292 g/mol. The van der Waals surface area contributed by atoms with Gasteiger partial charge in [0.1, 0.15) is 5.82 Å². The molecule has 7 nitrogen and oxygen atoms in total. The van der Waals surface area contributed by atoms with E-state index in [0.717, 1.165) is 22.8 Å². The van der Waals surface area contributed by atoms with E-state index in [1.165, 1.54) is 6.07 Å². The predicted molar refractivity (Wildman–Crippen MR) is 78.1 cm³/mol. The van der Waals surface area contributed by atoms with E-state index in [0.29, 0.717) is 23.9 Å². The van der Waals surface area contributed by atoms with E-state index in [9.17, 15) is 9.59 Å². The molecular formula is C13H12N4O3S.